The van der Waals surface area contributed by atoms with E-state index in [0.29, 0.717) is 16.4 Å². The molecule has 0 saturated heterocycles. The molecule has 0 spiro atoms. The Morgan fingerprint density at radius 1 is 1.22 bits per heavy atom. The summed E-state index contributed by atoms with van der Waals surface area (Å²) in [5, 5.41) is 10.3. The molecule has 2 aromatic rings. The molecule has 3 heterocycles. The third kappa shape index (κ3) is 3.05. The number of hydrogen-bond donors (Lipinski definition) is 2. The van der Waals surface area contributed by atoms with Gasteiger partial charge in [-0.1, -0.05) is 12.1 Å². The van der Waals surface area contributed by atoms with Crippen molar-refractivity contribution in [2.45, 2.75) is 6.04 Å². The van der Waals surface area contributed by atoms with E-state index < -0.39 is 17.8 Å². The fourth-order valence-corrected chi connectivity index (χ4v) is 4.04. The molecule has 0 aromatic carbocycles. The van der Waals surface area contributed by atoms with Gasteiger partial charge in [0.2, 0.25) is 0 Å². The Hall–Kier alpha value is -2.03. The van der Waals surface area contributed by atoms with Crippen LogP contribution in [0.4, 0.5) is 0 Å². The summed E-state index contributed by atoms with van der Waals surface area (Å²) in [4.78, 5) is 26.2. The van der Waals surface area contributed by atoms with Crippen LogP contribution in [0, 0.1) is 0 Å². The molecule has 0 fully saturated rings. The Kier molecular flexibility index (Phi) is 4.56. The molecule has 3 rings (SSSR count). The minimum absolute atomic E-state index is 0.315. The molecule has 0 unspecified atom stereocenters. The van der Waals surface area contributed by atoms with E-state index in [2.05, 4.69) is 15.4 Å². The number of Topliss-reactive ketones (excluding diaryl/α,β-unsaturated/α-hetero) is 1. The molecule has 1 atom stereocenters. The highest BCUT2D eigenvalue weighted by Gasteiger charge is 2.36. The number of thiocarbonyl (C=S) groups is 1. The highest BCUT2D eigenvalue weighted by molar-refractivity contribution is 7.80. The summed E-state index contributed by atoms with van der Waals surface area (Å²) in [5.74, 6) is -1.58. The van der Waals surface area contributed by atoms with Gasteiger partial charge in [-0.3, -0.25) is 4.79 Å². The maximum absolute atomic E-state index is 12.6. The van der Waals surface area contributed by atoms with Gasteiger partial charge in [-0.25, -0.2) is 4.79 Å². The van der Waals surface area contributed by atoms with E-state index in [1.807, 2.05) is 35.0 Å². The van der Waals surface area contributed by atoms with Gasteiger partial charge in [-0.05, 0) is 35.1 Å². The first-order valence-corrected chi connectivity index (χ1v) is 8.80. The number of nitrogens with one attached hydrogen (secondary N) is 2. The lowest BCUT2D eigenvalue weighted by Crippen LogP contribution is -2.45. The topological polar surface area (TPSA) is 67.4 Å². The van der Waals surface area contributed by atoms with E-state index in [4.69, 9.17) is 12.2 Å². The zero-order chi connectivity index (χ0) is 16.4. The van der Waals surface area contributed by atoms with E-state index in [1.165, 1.54) is 29.8 Å². The summed E-state index contributed by atoms with van der Waals surface area (Å²) < 4.78 is 4.62. The molecule has 0 saturated carbocycles. The van der Waals surface area contributed by atoms with Gasteiger partial charge in [-0.2, -0.15) is 0 Å². The predicted octanol–water partition coefficient (Wildman–Crippen LogP) is 2.48. The Balaban J connectivity index is 2.18. The molecular weight excluding hydrogens is 352 g/mol. The second-order valence-electron chi connectivity index (χ2n) is 4.63. The lowest BCUT2D eigenvalue weighted by Gasteiger charge is -2.29. The van der Waals surface area contributed by atoms with Crippen molar-refractivity contribution in [2.75, 3.05) is 7.11 Å². The molecule has 8 heteroatoms. The number of hydrogen-bond acceptors (Lipinski definition) is 6. The fourth-order valence-electron chi connectivity index (χ4n) is 2.30. The fraction of sp³-hybridized carbons (Fsp3) is 0.133. The van der Waals surface area contributed by atoms with Gasteiger partial charge in [-0.15, -0.1) is 22.7 Å². The quantitative estimate of drug-likeness (QED) is 0.494. The van der Waals surface area contributed by atoms with Gasteiger partial charge in [0.15, 0.2) is 5.11 Å². The molecule has 23 heavy (non-hydrogen) atoms. The Morgan fingerprint density at radius 2 is 1.96 bits per heavy atom. The van der Waals surface area contributed by atoms with Crippen LogP contribution in [0.15, 0.2) is 40.6 Å². The largest absolute Gasteiger partial charge is 0.463 e. The number of carbonyl (C=O) groups excluding carboxylic acids is 2. The van der Waals surface area contributed by atoms with Crippen LogP contribution in [0.2, 0.25) is 0 Å². The van der Waals surface area contributed by atoms with Crippen molar-refractivity contribution in [3.05, 3.63) is 50.4 Å². The molecule has 0 amide bonds. The lowest BCUT2D eigenvalue weighted by molar-refractivity contribution is -0.150. The molecule has 5 nitrogen and oxygen atoms in total. The van der Waals surface area contributed by atoms with Gasteiger partial charge in [0.05, 0.1) is 29.3 Å². The monoisotopic (exact) mass is 364 g/mol. The summed E-state index contributed by atoms with van der Waals surface area (Å²) in [5.41, 5.74) is 0.868. The Labute approximate surface area is 146 Å². The zero-order valence-electron chi connectivity index (χ0n) is 12.0. The van der Waals surface area contributed by atoms with Crippen LogP contribution in [-0.2, 0) is 14.3 Å². The Bertz CT molecular complexity index is 779. The third-order valence-corrected chi connectivity index (χ3v) is 5.33. The highest BCUT2D eigenvalue weighted by Crippen LogP contribution is 2.35. The van der Waals surface area contributed by atoms with E-state index in [1.54, 1.807) is 0 Å². The van der Waals surface area contributed by atoms with Gasteiger partial charge in [0, 0.05) is 4.88 Å². The van der Waals surface area contributed by atoms with E-state index >= 15 is 0 Å². The van der Waals surface area contributed by atoms with Crippen LogP contribution in [0.3, 0.4) is 0 Å². The average Bonchev–Trinajstić information content (AvgIpc) is 3.25. The second kappa shape index (κ2) is 6.61. The van der Waals surface area contributed by atoms with E-state index in [0.717, 1.165) is 9.75 Å². The predicted molar refractivity (Wildman–Crippen MR) is 94.2 cm³/mol. The van der Waals surface area contributed by atoms with Crippen molar-refractivity contribution in [1.29, 1.82) is 0 Å². The van der Waals surface area contributed by atoms with Crippen LogP contribution < -0.4 is 10.6 Å². The van der Waals surface area contributed by atoms with Crippen molar-refractivity contribution in [3.63, 3.8) is 0 Å². The van der Waals surface area contributed by atoms with Crippen LogP contribution in [0.5, 0.6) is 0 Å². The lowest BCUT2D eigenvalue weighted by atomic mass is 9.96. The van der Waals surface area contributed by atoms with Crippen molar-refractivity contribution in [3.8, 4) is 0 Å². The van der Waals surface area contributed by atoms with Gasteiger partial charge in [0.25, 0.3) is 5.78 Å². The molecule has 1 aliphatic heterocycles. The maximum Gasteiger partial charge on any atom is 0.379 e. The number of thiophene rings is 2. The number of esters is 1. The van der Waals surface area contributed by atoms with Crippen molar-refractivity contribution in [2.24, 2.45) is 0 Å². The van der Waals surface area contributed by atoms with E-state index in [-0.39, 0.29) is 0 Å². The van der Waals surface area contributed by atoms with Crippen molar-refractivity contribution >= 4 is 57.5 Å². The molecule has 118 valence electrons. The summed E-state index contributed by atoms with van der Waals surface area (Å²) in [6, 6.07) is 7.05. The SMILES string of the molecule is COC(=O)C(=O)C1=C(c2cccs2)NC(=S)N[C@@H]1c1cccs1. The normalized spacial score (nSPS) is 17.4. The smallest absolute Gasteiger partial charge is 0.379 e. The molecule has 1 aliphatic rings. The minimum Gasteiger partial charge on any atom is -0.463 e. The maximum atomic E-state index is 12.6. The standard InChI is InChI=1S/C15H12N2O3S3/c1-20-14(19)13(18)10-11(8-4-2-6-22-8)16-15(21)17-12(10)9-5-3-7-23-9/h2-7,11H,1H3,(H2,16,17,21)/t11-/m1/s1. The number of methoxy groups -OCH3 is 1. The van der Waals surface area contributed by atoms with E-state index in [9.17, 15) is 9.59 Å². The van der Waals surface area contributed by atoms with Crippen LogP contribution >= 0.6 is 34.9 Å². The first kappa shape index (κ1) is 15.9. The molecular formula is C15H12N2O3S3. The average molecular weight is 364 g/mol. The zero-order valence-corrected chi connectivity index (χ0v) is 14.4. The number of rotatable bonds is 4. The summed E-state index contributed by atoms with van der Waals surface area (Å²) in [7, 11) is 1.19. The van der Waals surface area contributed by atoms with Gasteiger partial charge in [0.1, 0.15) is 0 Å². The van der Waals surface area contributed by atoms with Crippen LogP contribution in [0.25, 0.3) is 5.70 Å². The van der Waals surface area contributed by atoms with Crippen molar-refractivity contribution < 1.29 is 14.3 Å². The van der Waals surface area contributed by atoms with Gasteiger partial charge >= 0.3 is 5.97 Å². The summed E-state index contributed by atoms with van der Waals surface area (Å²) in [6.45, 7) is 0. The first-order chi connectivity index (χ1) is 11.1. The Morgan fingerprint density at radius 3 is 2.57 bits per heavy atom. The second-order valence-corrected chi connectivity index (χ2v) is 6.97. The number of carbonyl (C=O) groups is 2. The summed E-state index contributed by atoms with van der Waals surface area (Å²) >= 11 is 8.22. The molecule has 2 aromatic heterocycles. The molecule has 2 N–H and O–H groups in total. The molecule has 0 radical (unpaired) electrons. The first-order valence-electron chi connectivity index (χ1n) is 6.63. The molecule has 0 bridgehead atoms. The molecule has 0 aliphatic carbocycles. The summed E-state index contributed by atoms with van der Waals surface area (Å²) in [6.07, 6.45) is 0. The minimum atomic E-state index is -0.896. The van der Waals surface area contributed by atoms with Crippen molar-refractivity contribution in [1.82, 2.24) is 10.6 Å². The highest BCUT2D eigenvalue weighted by atomic mass is 32.1. The van der Waals surface area contributed by atoms with Gasteiger partial charge < -0.3 is 15.4 Å². The number of ether oxygens (including phenoxy) is 1. The van der Waals surface area contributed by atoms with Crippen LogP contribution in [-0.4, -0.2) is 24.0 Å². The third-order valence-electron chi connectivity index (χ3n) is 3.28. The number of ketones is 1. The van der Waals surface area contributed by atoms with Crippen LogP contribution in [0.1, 0.15) is 15.8 Å².